The lowest BCUT2D eigenvalue weighted by Crippen LogP contribution is -2.57. The zero-order valence-corrected chi connectivity index (χ0v) is 14.5. The average Bonchev–Trinajstić information content (AvgIpc) is 2.54. The van der Waals surface area contributed by atoms with Gasteiger partial charge in [0.15, 0.2) is 0 Å². The van der Waals surface area contributed by atoms with Gasteiger partial charge in [0.1, 0.15) is 12.1 Å². The summed E-state index contributed by atoms with van der Waals surface area (Å²) in [5, 5.41) is 3.57. The van der Waals surface area contributed by atoms with Crippen molar-refractivity contribution in [2.75, 3.05) is 13.1 Å². The summed E-state index contributed by atoms with van der Waals surface area (Å²) >= 11 is 3.47. The number of piperidine rings is 1. The van der Waals surface area contributed by atoms with Crippen molar-refractivity contribution in [3.63, 3.8) is 0 Å². The van der Waals surface area contributed by atoms with E-state index in [1.54, 1.807) is 0 Å². The van der Waals surface area contributed by atoms with Crippen LogP contribution in [0.4, 0.5) is 0 Å². The molecule has 1 aromatic rings. The van der Waals surface area contributed by atoms with Crippen molar-refractivity contribution in [1.29, 1.82) is 0 Å². The Hall–Kier alpha value is -1.56. The van der Waals surface area contributed by atoms with Gasteiger partial charge in [0.05, 0.1) is 6.54 Å². The molecule has 2 aliphatic rings. The summed E-state index contributed by atoms with van der Waals surface area (Å²) in [6, 6.07) is 8.27. The molecule has 4 atom stereocenters. The molecule has 0 N–H and O–H groups in total. The number of hydrogen-bond donors (Lipinski definition) is 0. The van der Waals surface area contributed by atoms with E-state index in [2.05, 4.69) is 49.9 Å². The number of morpholine rings is 1. The van der Waals surface area contributed by atoms with Crippen LogP contribution in [0.15, 0.2) is 33.9 Å². The quantitative estimate of drug-likeness (QED) is 0.347. The smallest absolute Gasteiger partial charge is 0.323 e. The van der Waals surface area contributed by atoms with Crippen LogP contribution in [0.3, 0.4) is 0 Å². The topological polar surface area (TPSA) is 78.3 Å². The molecule has 1 aromatic carbocycles. The van der Waals surface area contributed by atoms with Crippen LogP contribution in [0.25, 0.3) is 10.4 Å². The van der Waals surface area contributed by atoms with Crippen LogP contribution in [0.1, 0.15) is 31.4 Å². The number of benzene rings is 1. The number of azide groups is 1. The van der Waals surface area contributed by atoms with Crippen molar-refractivity contribution in [2.45, 2.75) is 38.0 Å². The Morgan fingerprint density at radius 1 is 1.39 bits per heavy atom. The Morgan fingerprint density at radius 3 is 2.83 bits per heavy atom. The molecule has 0 aromatic heterocycles. The van der Waals surface area contributed by atoms with Crippen molar-refractivity contribution < 1.29 is 9.53 Å². The number of halogens is 1. The maximum atomic E-state index is 12.3. The highest BCUT2D eigenvalue weighted by Gasteiger charge is 2.44. The second-order valence-corrected chi connectivity index (χ2v) is 7.15. The molecule has 0 aliphatic carbocycles. The number of nitrogens with zero attached hydrogens (tertiary/aromatic N) is 4. The standard InChI is InChI=1S/C16H19BrN4O2/c1-10-2-7-14-16(22)23-13(8-19-20-18)9-21(14)15(10)11-3-5-12(17)6-4-11/h3-6,10,13-15H,2,7-9H2,1H3/t10-,13-,14-,15-/m0/s1. The summed E-state index contributed by atoms with van der Waals surface area (Å²) in [4.78, 5) is 17.3. The minimum absolute atomic E-state index is 0.184. The lowest BCUT2D eigenvalue weighted by molar-refractivity contribution is -0.173. The normalized spacial score (nSPS) is 31.0. The third-order valence-corrected chi connectivity index (χ3v) is 5.25. The van der Waals surface area contributed by atoms with Crippen LogP contribution < -0.4 is 0 Å². The van der Waals surface area contributed by atoms with Crippen LogP contribution in [0.2, 0.25) is 0 Å². The highest BCUT2D eigenvalue weighted by Crippen LogP contribution is 2.41. The number of hydrogen-bond acceptors (Lipinski definition) is 4. The number of carbonyl (C=O) groups is 1. The third kappa shape index (κ3) is 3.37. The Bertz CT molecular complexity index is 629. The van der Waals surface area contributed by atoms with Crippen LogP contribution in [0, 0.1) is 5.92 Å². The molecular formula is C16H19BrN4O2. The Kier molecular flexibility index (Phi) is 4.90. The highest BCUT2D eigenvalue weighted by atomic mass is 79.9. The summed E-state index contributed by atoms with van der Waals surface area (Å²) < 4.78 is 6.49. The van der Waals surface area contributed by atoms with Gasteiger partial charge in [0.25, 0.3) is 0 Å². The third-order valence-electron chi connectivity index (χ3n) is 4.72. The monoisotopic (exact) mass is 378 g/mol. The van der Waals surface area contributed by atoms with Gasteiger partial charge < -0.3 is 4.74 Å². The van der Waals surface area contributed by atoms with E-state index in [0.717, 1.165) is 17.3 Å². The molecule has 122 valence electrons. The van der Waals surface area contributed by atoms with E-state index in [0.29, 0.717) is 12.5 Å². The lowest BCUT2D eigenvalue weighted by atomic mass is 9.82. The van der Waals surface area contributed by atoms with Gasteiger partial charge in [-0.1, -0.05) is 40.1 Å². The average molecular weight is 379 g/mol. The Labute approximate surface area is 143 Å². The number of rotatable bonds is 3. The second kappa shape index (κ2) is 6.91. The number of esters is 1. The summed E-state index contributed by atoms with van der Waals surface area (Å²) in [7, 11) is 0. The van der Waals surface area contributed by atoms with E-state index in [4.69, 9.17) is 10.3 Å². The number of ether oxygens (including phenoxy) is 1. The minimum Gasteiger partial charge on any atom is -0.460 e. The first-order chi connectivity index (χ1) is 11.1. The minimum atomic E-state index is -0.363. The van der Waals surface area contributed by atoms with Crippen LogP contribution in [0.5, 0.6) is 0 Å². The predicted octanol–water partition coefficient (Wildman–Crippen LogP) is 3.83. The molecule has 0 spiro atoms. The fraction of sp³-hybridized carbons (Fsp3) is 0.562. The molecular weight excluding hydrogens is 360 g/mol. The van der Waals surface area contributed by atoms with Crippen LogP contribution >= 0.6 is 15.9 Å². The molecule has 7 heteroatoms. The molecule has 0 radical (unpaired) electrons. The second-order valence-electron chi connectivity index (χ2n) is 6.24. The van der Waals surface area contributed by atoms with Crippen molar-refractivity contribution >= 4 is 21.9 Å². The number of fused-ring (bicyclic) bond motifs is 1. The molecule has 0 saturated carbocycles. The van der Waals surface area contributed by atoms with Crippen molar-refractivity contribution in [1.82, 2.24) is 4.90 Å². The molecule has 2 aliphatic heterocycles. The molecule has 0 bridgehead atoms. The number of cyclic esters (lactones) is 1. The molecule has 2 heterocycles. The van der Waals surface area contributed by atoms with E-state index >= 15 is 0 Å². The first kappa shape index (κ1) is 16.3. The fourth-order valence-electron chi connectivity index (χ4n) is 3.68. The van der Waals surface area contributed by atoms with E-state index < -0.39 is 0 Å². The summed E-state index contributed by atoms with van der Waals surface area (Å²) in [6.45, 7) is 3.03. The van der Waals surface area contributed by atoms with Crippen molar-refractivity contribution in [3.05, 3.63) is 44.7 Å². The summed E-state index contributed by atoms with van der Waals surface area (Å²) in [5.74, 6) is 0.266. The van der Waals surface area contributed by atoms with E-state index in [1.165, 1.54) is 5.56 Å². The van der Waals surface area contributed by atoms with Gasteiger partial charge in [-0.15, -0.1) is 0 Å². The highest BCUT2D eigenvalue weighted by molar-refractivity contribution is 9.10. The lowest BCUT2D eigenvalue weighted by Gasteiger charge is -2.48. The zero-order chi connectivity index (χ0) is 16.4. The van der Waals surface area contributed by atoms with Gasteiger partial charge >= 0.3 is 5.97 Å². The Morgan fingerprint density at radius 2 is 2.13 bits per heavy atom. The number of carbonyl (C=O) groups excluding carboxylic acids is 1. The van der Waals surface area contributed by atoms with Crippen LogP contribution in [-0.4, -0.2) is 36.1 Å². The largest absolute Gasteiger partial charge is 0.460 e. The first-order valence-corrected chi connectivity index (χ1v) is 8.62. The molecule has 3 rings (SSSR count). The van der Waals surface area contributed by atoms with E-state index in [-0.39, 0.29) is 30.7 Å². The fourth-order valence-corrected chi connectivity index (χ4v) is 3.94. The van der Waals surface area contributed by atoms with Gasteiger partial charge in [-0.25, -0.2) is 0 Å². The predicted molar refractivity (Wildman–Crippen MR) is 89.7 cm³/mol. The van der Waals surface area contributed by atoms with E-state index in [1.807, 2.05) is 12.1 Å². The maximum absolute atomic E-state index is 12.3. The zero-order valence-electron chi connectivity index (χ0n) is 12.9. The van der Waals surface area contributed by atoms with Crippen molar-refractivity contribution in [2.24, 2.45) is 11.0 Å². The van der Waals surface area contributed by atoms with Crippen molar-refractivity contribution in [3.8, 4) is 0 Å². The van der Waals surface area contributed by atoms with Gasteiger partial charge in [-0.2, -0.15) is 0 Å². The van der Waals surface area contributed by atoms with Gasteiger partial charge in [-0.05, 0) is 42.0 Å². The first-order valence-electron chi connectivity index (χ1n) is 7.82. The molecule has 2 fully saturated rings. The van der Waals surface area contributed by atoms with Gasteiger partial charge in [-0.3, -0.25) is 9.69 Å². The molecule has 0 unspecified atom stereocenters. The molecule has 2 saturated heterocycles. The summed E-state index contributed by atoms with van der Waals surface area (Å²) in [5.41, 5.74) is 9.70. The van der Waals surface area contributed by atoms with E-state index in [9.17, 15) is 4.79 Å². The molecule has 23 heavy (non-hydrogen) atoms. The van der Waals surface area contributed by atoms with Gasteiger partial charge in [0, 0.05) is 22.0 Å². The summed E-state index contributed by atoms with van der Waals surface area (Å²) in [6.07, 6.45) is 1.46. The molecule has 6 nitrogen and oxygen atoms in total. The van der Waals surface area contributed by atoms with Crippen LogP contribution in [-0.2, 0) is 9.53 Å². The maximum Gasteiger partial charge on any atom is 0.323 e. The SMILES string of the molecule is C[C@H]1CC[C@H]2C(=O)O[C@@H](CN=[N+]=[N-])CN2[C@@H]1c1ccc(Br)cc1. The Balaban J connectivity index is 1.88. The molecule has 0 amide bonds. The van der Waals surface area contributed by atoms with Gasteiger partial charge in [0.2, 0.25) is 0 Å².